The summed E-state index contributed by atoms with van der Waals surface area (Å²) in [7, 11) is 0. The highest BCUT2D eigenvalue weighted by Crippen LogP contribution is 2.08. The molecular formula is C5H2BrClN. The van der Waals surface area contributed by atoms with E-state index < -0.39 is 0 Å². The first-order valence-electron chi connectivity index (χ1n) is 1.98. The third-order valence-corrected chi connectivity index (χ3v) is 1.27. The average molecular weight is 191 g/mol. The molecule has 0 saturated carbocycles. The minimum atomic E-state index is 0.535. The fourth-order valence-corrected chi connectivity index (χ4v) is 0.642. The largest absolute Gasteiger partial charge is 0.248 e. The molecule has 1 aromatic heterocycles. The SMILES string of the molecule is Clc1[c]cc(Br)nc1. The van der Waals surface area contributed by atoms with E-state index in [9.17, 15) is 0 Å². The molecular weight excluding hydrogens is 189 g/mol. The Morgan fingerprint density at radius 2 is 2.50 bits per heavy atom. The van der Waals surface area contributed by atoms with Gasteiger partial charge in [-0.25, -0.2) is 4.98 Å². The highest BCUT2D eigenvalue weighted by Gasteiger charge is 1.85. The number of hydrogen-bond acceptors (Lipinski definition) is 1. The van der Waals surface area contributed by atoms with Gasteiger partial charge in [0.1, 0.15) is 4.60 Å². The van der Waals surface area contributed by atoms with Gasteiger partial charge in [-0.3, -0.25) is 0 Å². The lowest BCUT2D eigenvalue weighted by Crippen LogP contribution is -1.70. The van der Waals surface area contributed by atoms with Crippen LogP contribution < -0.4 is 0 Å². The Balaban J connectivity index is 3.03. The van der Waals surface area contributed by atoms with Crippen molar-refractivity contribution in [2.45, 2.75) is 0 Å². The number of hydrogen-bond donors (Lipinski definition) is 0. The third kappa shape index (κ3) is 1.46. The van der Waals surface area contributed by atoms with Gasteiger partial charge in [0.2, 0.25) is 0 Å². The molecule has 0 aromatic carbocycles. The lowest BCUT2D eigenvalue weighted by molar-refractivity contribution is 1.27. The molecule has 0 spiro atoms. The molecule has 0 atom stereocenters. The van der Waals surface area contributed by atoms with Crippen LogP contribution in [0.3, 0.4) is 0 Å². The highest BCUT2D eigenvalue weighted by molar-refractivity contribution is 9.10. The number of nitrogens with zero attached hydrogens (tertiary/aromatic N) is 1. The molecule has 0 amide bonds. The first-order valence-corrected chi connectivity index (χ1v) is 3.15. The first kappa shape index (κ1) is 6.05. The zero-order valence-electron chi connectivity index (χ0n) is 3.86. The fraction of sp³-hybridized carbons (Fsp3) is 0. The van der Waals surface area contributed by atoms with Crippen LogP contribution in [0.2, 0.25) is 5.02 Å². The average Bonchev–Trinajstić information content (AvgIpc) is 1.77. The first-order chi connectivity index (χ1) is 3.79. The van der Waals surface area contributed by atoms with Crippen LogP contribution in [0.15, 0.2) is 16.9 Å². The van der Waals surface area contributed by atoms with E-state index in [0.717, 1.165) is 4.60 Å². The van der Waals surface area contributed by atoms with E-state index in [1.54, 1.807) is 6.07 Å². The van der Waals surface area contributed by atoms with Crippen molar-refractivity contribution in [2.75, 3.05) is 0 Å². The molecule has 0 aliphatic heterocycles. The van der Waals surface area contributed by atoms with Crippen LogP contribution in [0.4, 0.5) is 0 Å². The van der Waals surface area contributed by atoms with Crippen molar-refractivity contribution in [3.05, 3.63) is 28.0 Å². The Bertz CT molecular complexity index is 151. The van der Waals surface area contributed by atoms with E-state index in [1.165, 1.54) is 6.20 Å². The van der Waals surface area contributed by atoms with Gasteiger partial charge >= 0.3 is 0 Å². The quantitative estimate of drug-likeness (QED) is 0.574. The summed E-state index contributed by atoms with van der Waals surface area (Å²) in [5.41, 5.74) is 0. The Hall–Kier alpha value is -0.0800. The van der Waals surface area contributed by atoms with Crippen molar-refractivity contribution < 1.29 is 0 Å². The topological polar surface area (TPSA) is 12.9 Å². The van der Waals surface area contributed by atoms with Gasteiger partial charge in [-0.2, -0.15) is 0 Å². The molecule has 1 radical (unpaired) electrons. The molecule has 0 aliphatic carbocycles. The van der Waals surface area contributed by atoms with Crippen molar-refractivity contribution in [3.8, 4) is 0 Å². The van der Waals surface area contributed by atoms with Crippen molar-refractivity contribution in [3.63, 3.8) is 0 Å². The zero-order chi connectivity index (χ0) is 5.98. The van der Waals surface area contributed by atoms with Crippen molar-refractivity contribution in [1.29, 1.82) is 0 Å². The maximum absolute atomic E-state index is 5.47. The predicted molar refractivity (Wildman–Crippen MR) is 35.8 cm³/mol. The van der Waals surface area contributed by atoms with E-state index in [1.807, 2.05) is 0 Å². The second kappa shape index (κ2) is 2.46. The molecule has 8 heavy (non-hydrogen) atoms. The van der Waals surface area contributed by atoms with Crippen LogP contribution in [0.25, 0.3) is 0 Å². The number of halogens is 2. The lowest BCUT2D eigenvalue weighted by Gasteiger charge is -1.85. The molecule has 0 bridgehead atoms. The van der Waals surface area contributed by atoms with Crippen LogP contribution in [-0.2, 0) is 0 Å². The van der Waals surface area contributed by atoms with Gasteiger partial charge in [0.25, 0.3) is 0 Å². The summed E-state index contributed by atoms with van der Waals surface area (Å²) in [5, 5.41) is 0.535. The summed E-state index contributed by atoms with van der Waals surface area (Å²) < 4.78 is 0.752. The standard InChI is InChI=1S/C5H2BrClN/c6-5-2-1-4(7)3-8-5/h2-3H. The molecule has 0 fully saturated rings. The molecule has 41 valence electrons. The Kier molecular flexibility index (Phi) is 1.86. The van der Waals surface area contributed by atoms with Crippen molar-refractivity contribution >= 4 is 27.5 Å². The Labute approximate surface area is 60.8 Å². The Morgan fingerprint density at radius 1 is 1.75 bits per heavy atom. The second-order valence-corrected chi connectivity index (χ2v) is 2.44. The molecule has 0 saturated heterocycles. The predicted octanol–water partition coefficient (Wildman–Crippen LogP) is 2.30. The summed E-state index contributed by atoms with van der Waals surface area (Å²) in [6.07, 6.45) is 1.53. The summed E-state index contributed by atoms with van der Waals surface area (Å²) >= 11 is 8.62. The number of rotatable bonds is 0. The molecule has 1 rings (SSSR count). The fourth-order valence-electron chi connectivity index (χ4n) is 0.321. The summed E-state index contributed by atoms with van der Waals surface area (Å²) in [5.74, 6) is 0. The number of pyridine rings is 1. The van der Waals surface area contributed by atoms with Crippen LogP contribution in [0.5, 0.6) is 0 Å². The molecule has 1 heterocycles. The van der Waals surface area contributed by atoms with E-state index in [4.69, 9.17) is 11.6 Å². The van der Waals surface area contributed by atoms with Gasteiger partial charge in [0, 0.05) is 12.3 Å². The van der Waals surface area contributed by atoms with Gasteiger partial charge < -0.3 is 0 Å². The summed E-state index contributed by atoms with van der Waals surface area (Å²) in [4.78, 5) is 3.83. The maximum Gasteiger partial charge on any atom is 0.106 e. The Morgan fingerprint density at radius 3 is 2.88 bits per heavy atom. The van der Waals surface area contributed by atoms with E-state index in [2.05, 4.69) is 27.0 Å². The number of aromatic nitrogens is 1. The third-order valence-electron chi connectivity index (χ3n) is 0.630. The van der Waals surface area contributed by atoms with Gasteiger partial charge in [0.15, 0.2) is 0 Å². The van der Waals surface area contributed by atoms with Gasteiger partial charge in [0.05, 0.1) is 5.02 Å². The van der Waals surface area contributed by atoms with Crippen LogP contribution in [0, 0.1) is 6.07 Å². The minimum Gasteiger partial charge on any atom is -0.248 e. The van der Waals surface area contributed by atoms with E-state index in [0.29, 0.717) is 5.02 Å². The summed E-state index contributed by atoms with van der Waals surface area (Å²) in [6, 6.07) is 4.42. The van der Waals surface area contributed by atoms with Crippen molar-refractivity contribution in [1.82, 2.24) is 4.98 Å². The van der Waals surface area contributed by atoms with E-state index >= 15 is 0 Å². The molecule has 1 aromatic rings. The normalized spacial score (nSPS) is 9.25. The zero-order valence-corrected chi connectivity index (χ0v) is 6.20. The van der Waals surface area contributed by atoms with Crippen LogP contribution in [0.1, 0.15) is 0 Å². The highest BCUT2D eigenvalue weighted by atomic mass is 79.9. The molecule has 0 unspecified atom stereocenters. The molecule has 3 heteroatoms. The molecule has 0 N–H and O–H groups in total. The lowest BCUT2D eigenvalue weighted by atomic mass is 10.5. The van der Waals surface area contributed by atoms with Gasteiger partial charge in [-0.1, -0.05) is 11.6 Å². The van der Waals surface area contributed by atoms with Crippen molar-refractivity contribution in [2.24, 2.45) is 0 Å². The summed E-state index contributed by atoms with van der Waals surface area (Å²) in [6.45, 7) is 0. The maximum atomic E-state index is 5.47. The van der Waals surface area contributed by atoms with Crippen LogP contribution in [-0.4, -0.2) is 4.98 Å². The van der Waals surface area contributed by atoms with Gasteiger partial charge in [-0.15, -0.1) is 0 Å². The molecule has 1 nitrogen and oxygen atoms in total. The second-order valence-electron chi connectivity index (χ2n) is 1.22. The smallest absolute Gasteiger partial charge is 0.106 e. The molecule has 0 aliphatic rings. The minimum absolute atomic E-state index is 0.535. The van der Waals surface area contributed by atoms with E-state index in [-0.39, 0.29) is 0 Å². The van der Waals surface area contributed by atoms with Crippen LogP contribution >= 0.6 is 27.5 Å². The monoisotopic (exact) mass is 190 g/mol. The van der Waals surface area contributed by atoms with Gasteiger partial charge in [-0.05, 0) is 22.0 Å².